The van der Waals surface area contributed by atoms with Crippen LogP contribution in [-0.4, -0.2) is 167 Å². The summed E-state index contributed by atoms with van der Waals surface area (Å²) < 4.78 is 35.4. The summed E-state index contributed by atoms with van der Waals surface area (Å²) in [4.78, 5) is 53.6. The Kier molecular flexibility index (Phi) is 17.2. The van der Waals surface area contributed by atoms with Crippen molar-refractivity contribution in [2.24, 2.45) is 11.7 Å². The number of aliphatic hydroxyl groups excluding tert-OH is 3. The smallest absolute Gasteiger partial charge is 0.410 e. The van der Waals surface area contributed by atoms with Crippen LogP contribution in [0.2, 0.25) is 0 Å². The number of carbonyl (C=O) groups excluding carboxylic acids is 4. The molecule has 1 saturated heterocycles. The number of rotatable bonds is 13. The second-order valence-corrected chi connectivity index (χ2v) is 18.6. The number of aliphatic hydroxyl groups is 4. The second-order valence-electron chi connectivity index (χ2n) is 18.6. The van der Waals surface area contributed by atoms with E-state index in [-0.39, 0.29) is 19.4 Å². The van der Waals surface area contributed by atoms with Crippen molar-refractivity contribution in [3.8, 4) is 0 Å². The van der Waals surface area contributed by atoms with Crippen LogP contribution in [0.3, 0.4) is 0 Å². The molecule has 2 fully saturated rings. The highest BCUT2D eigenvalue weighted by atomic mass is 16.7. The van der Waals surface area contributed by atoms with Gasteiger partial charge in [-0.2, -0.15) is 0 Å². The van der Waals surface area contributed by atoms with Crippen LogP contribution in [0.5, 0.6) is 0 Å². The SMILES string of the molecule is CN(C(=O)OC(C)(C)C)[C@@H]1[C@@H](O)[C@@H](O[C@@H]2[C@@H](O)[C@H](C3OC(CNCCCN)=CC[C@H]3NC(=O)OC(C)(C)C)[C@@H](NC(=O)OC(C)(C)C)C[C@H]2NC(=O)CO)OC[C@]1(C)O. The molecule has 0 aromatic carbocycles. The first-order chi connectivity index (χ1) is 27.2. The van der Waals surface area contributed by atoms with Gasteiger partial charge in [0.15, 0.2) is 6.29 Å². The normalized spacial score (nSPS) is 31.5. The molecule has 2 heterocycles. The van der Waals surface area contributed by atoms with Gasteiger partial charge in [-0.1, -0.05) is 0 Å². The minimum atomic E-state index is -1.80. The van der Waals surface area contributed by atoms with Gasteiger partial charge in [-0.05, 0) is 108 Å². The first kappa shape index (κ1) is 49.9. The van der Waals surface area contributed by atoms with Crippen molar-refractivity contribution in [2.45, 2.75) is 166 Å². The summed E-state index contributed by atoms with van der Waals surface area (Å²) >= 11 is 0. The van der Waals surface area contributed by atoms with Crippen LogP contribution >= 0.6 is 0 Å². The van der Waals surface area contributed by atoms with E-state index in [1.165, 1.54) is 14.0 Å². The number of hydrogen-bond acceptors (Lipinski definition) is 16. The van der Waals surface area contributed by atoms with Crippen LogP contribution in [0.4, 0.5) is 14.4 Å². The topological polar surface area (TPSA) is 282 Å². The first-order valence-electron chi connectivity index (χ1n) is 20.1. The van der Waals surface area contributed by atoms with Crippen molar-refractivity contribution in [1.29, 1.82) is 0 Å². The molecule has 0 spiro atoms. The van der Waals surface area contributed by atoms with Gasteiger partial charge in [0.1, 0.15) is 53.1 Å². The van der Waals surface area contributed by atoms with Crippen molar-refractivity contribution in [3.63, 3.8) is 0 Å². The van der Waals surface area contributed by atoms with Gasteiger partial charge in [-0.15, -0.1) is 0 Å². The summed E-state index contributed by atoms with van der Waals surface area (Å²) in [5, 5.41) is 57.0. The van der Waals surface area contributed by atoms with E-state index in [1.807, 2.05) is 0 Å². The number of nitrogens with one attached hydrogen (secondary N) is 4. The minimum absolute atomic E-state index is 0.147. The molecule has 0 aromatic heterocycles. The van der Waals surface area contributed by atoms with Crippen LogP contribution in [-0.2, 0) is 33.2 Å². The lowest BCUT2D eigenvalue weighted by Crippen LogP contribution is -2.71. The van der Waals surface area contributed by atoms with Crippen molar-refractivity contribution >= 4 is 24.2 Å². The molecule has 2 aliphatic heterocycles. The third-order valence-corrected chi connectivity index (χ3v) is 9.68. The van der Waals surface area contributed by atoms with Crippen LogP contribution in [0.25, 0.3) is 0 Å². The van der Waals surface area contributed by atoms with Gasteiger partial charge in [0.25, 0.3) is 0 Å². The van der Waals surface area contributed by atoms with E-state index in [4.69, 9.17) is 34.2 Å². The van der Waals surface area contributed by atoms with E-state index in [2.05, 4.69) is 21.3 Å². The molecule has 10 N–H and O–H groups in total. The monoisotopic (exact) mass is 846 g/mol. The predicted octanol–water partition coefficient (Wildman–Crippen LogP) is 0.331. The van der Waals surface area contributed by atoms with Gasteiger partial charge in [-0.25, -0.2) is 14.4 Å². The summed E-state index contributed by atoms with van der Waals surface area (Å²) in [5.74, 6) is -1.49. The van der Waals surface area contributed by atoms with Gasteiger partial charge in [0.05, 0.1) is 37.4 Å². The van der Waals surface area contributed by atoms with Gasteiger partial charge >= 0.3 is 18.3 Å². The van der Waals surface area contributed by atoms with E-state index >= 15 is 0 Å². The molecule has 1 saturated carbocycles. The summed E-state index contributed by atoms with van der Waals surface area (Å²) in [7, 11) is 1.34. The highest BCUT2D eigenvalue weighted by Crippen LogP contribution is 2.39. The van der Waals surface area contributed by atoms with Crippen molar-refractivity contribution in [1.82, 2.24) is 26.2 Å². The number of carbonyl (C=O) groups is 4. The van der Waals surface area contributed by atoms with Gasteiger partial charge < -0.3 is 80.7 Å². The Labute approximate surface area is 347 Å². The number of amides is 4. The summed E-state index contributed by atoms with van der Waals surface area (Å²) in [6, 6.07) is -4.38. The highest BCUT2D eigenvalue weighted by Gasteiger charge is 2.56. The maximum absolute atomic E-state index is 13.4. The highest BCUT2D eigenvalue weighted by molar-refractivity contribution is 5.77. The van der Waals surface area contributed by atoms with Crippen molar-refractivity contribution in [2.75, 3.05) is 39.9 Å². The Hall–Kier alpha value is -3.50. The molecule has 340 valence electrons. The van der Waals surface area contributed by atoms with Crippen molar-refractivity contribution in [3.05, 3.63) is 11.8 Å². The summed E-state index contributed by atoms with van der Waals surface area (Å²) in [5.41, 5.74) is 1.19. The Morgan fingerprint density at radius 1 is 0.898 bits per heavy atom. The number of alkyl carbamates (subject to hydrolysis) is 2. The van der Waals surface area contributed by atoms with Gasteiger partial charge in [0, 0.05) is 19.0 Å². The molecule has 20 nitrogen and oxygen atoms in total. The molecule has 1 unspecified atom stereocenters. The number of likely N-dealkylation sites (N-methyl/N-ethyl adjacent to an activating group) is 1. The molecule has 20 heteroatoms. The molecule has 1 aliphatic carbocycles. The molecule has 3 rings (SSSR count). The largest absolute Gasteiger partial charge is 0.491 e. The molecule has 11 atom stereocenters. The fourth-order valence-corrected chi connectivity index (χ4v) is 7.38. The zero-order valence-electron chi connectivity index (χ0n) is 36.4. The van der Waals surface area contributed by atoms with E-state index in [1.54, 1.807) is 68.4 Å². The zero-order valence-corrected chi connectivity index (χ0v) is 36.4. The van der Waals surface area contributed by atoms with E-state index in [9.17, 15) is 39.6 Å². The lowest BCUT2D eigenvalue weighted by Gasteiger charge is -2.52. The molecule has 0 aromatic rings. The minimum Gasteiger partial charge on any atom is -0.491 e. The predicted molar refractivity (Wildman–Crippen MR) is 213 cm³/mol. The number of ether oxygens (including phenoxy) is 6. The van der Waals surface area contributed by atoms with Crippen LogP contribution in [0.15, 0.2) is 11.8 Å². The maximum Gasteiger partial charge on any atom is 0.410 e. The quantitative estimate of drug-likeness (QED) is 0.0892. The molecular weight excluding hydrogens is 776 g/mol. The van der Waals surface area contributed by atoms with Crippen LogP contribution in [0, 0.1) is 5.92 Å². The maximum atomic E-state index is 13.4. The number of nitrogens with zero attached hydrogens (tertiary/aromatic N) is 1. The number of hydrogen-bond donors (Lipinski definition) is 9. The van der Waals surface area contributed by atoms with Gasteiger partial charge in [-0.3, -0.25) is 4.79 Å². The standard InChI is InChI=1S/C39H70N6O14/c1-36(2,3)57-33(50)43-22-14-13-21(18-41-16-12-15-40)55-29(22)26-23(44-34(51)58-37(4,5)6)17-24(42-25(47)19-46)30(27(26)48)56-32-28(49)31(39(10,53)20-54-32)45(11)35(52)59-38(7,8)9/h13,22-24,26-32,41,46,48-49,53H,12,14-20,40H2,1-11H3,(H,42,47)(H,43,50)(H,44,51)/t22-,23+,24-,26-,27+,28-,29?,30+,31-,32-,39+/m1/s1. The fraction of sp³-hybridized carbons (Fsp3) is 0.846. The number of nitrogens with two attached hydrogens (primary N) is 1. The Morgan fingerprint density at radius 3 is 2.02 bits per heavy atom. The molecule has 3 aliphatic rings. The third-order valence-electron chi connectivity index (χ3n) is 9.68. The average molecular weight is 847 g/mol. The second kappa shape index (κ2) is 20.4. The Morgan fingerprint density at radius 2 is 1.47 bits per heavy atom. The van der Waals surface area contributed by atoms with E-state index in [0.29, 0.717) is 25.3 Å². The molecule has 0 bridgehead atoms. The molecular formula is C39H70N6O14. The average Bonchev–Trinajstić information content (AvgIpc) is 3.07. The van der Waals surface area contributed by atoms with Gasteiger partial charge in [0.2, 0.25) is 5.91 Å². The Bertz CT molecular complexity index is 1460. The van der Waals surface area contributed by atoms with Crippen LogP contribution < -0.4 is 27.0 Å². The Balaban J connectivity index is 2.11. The van der Waals surface area contributed by atoms with Crippen molar-refractivity contribution < 1.29 is 68.0 Å². The summed E-state index contributed by atoms with van der Waals surface area (Å²) in [6.07, 6.45) is -7.46. The molecule has 59 heavy (non-hydrogen) atoms. The molecule has 4 amide bonds. The van der Waals surface area contributed by atoms with E-state index in [0.717, 1.165) is 4.90 Å². The zero-order chi connectivity index (χ0) is 44.7. The molecule has 0 radical (unpaired) electrons. The lowest BCUT2D eigenvalue weighted by atomic mass is 9.72. The first-order valence-corrected chi connectivity index (χ1v) is 20.1. The summed E-state index contributed by atoms with van der Waals surface area (Å²) in [6.45, 7) is 16.5. The fourth-order valence-electron chi connectivity index (χ4n) is 7.38. The lowest BCUT2D eigenvalue weighted by molar-refractivity contribution is -0.305. The van der Waals surface area contributed by atoms with Crippen LogP contribution in [0.1, 0.15) is 88.5 Å². The van der Waals surface area contributed by atoms with E-state index < -0.39 is 121 Å². The third kappa shape index (κ3) is 14.9.